The minimum Gasteiger partial charge on any atom is -0.383 e. The zero-order valence-corrected chi connectivity index (χ0v) is 12.8. The van der Waals surface area contributed by atoms with Crippen molar-refractivity contribution in [1.29, 1.82) is 0 Å². The van der Waals surface area contributed by atoms with E-state index < -0.39 is 0 Å². The van der Waals surface area contributed by atoms with Crippen molar-refractivity contribution in [2.45, 2.75) is 45.4 Å². The van der Waals surface area contributed by atoms with Gasteiger partial charge in [0.2, 0.25) is 0 Å². The standard InChI is InChI=1S/C16H27N3O/c1-4-14(17)9-18-15-5-7-16(8-6-15)19-10-12(2)20-13(3)11-19/h5-8,12-14,18H,4,9-11,17H2,1-3H3/t12-,13+,14-/m0/s1. The molecule has 2 rings (SSSR count). The molecule has 0 aliphatic carbocycles. The number of nitrogens with zero attached hydrogens (tertiary/aromatic N) is 1. The van der Waals surface area contributed by atoms with Gasteiger partial charge in [-0.2, -0.15) is 0 Å². The molecule has 0 saturated carbocycles. The zero-order valence-electron chi connectivity index (χ0n) is 12.8. The van der Waals surface area contributed by atoms with Crippen LogP contribution in [0.25, 0.3) is 0 Å². The van der Waals surface area contributed by atoms with Crippen LogP contribution in [0, 0.1) is 0 Å². The lowest BCUT2D eigenvalue weighted by molar-refractivity contribution is -0.00521. The van der Waals surface area contributed by atoms with Crippen molar-refractivity contribution in [3.05, 3.63) is 24.3 Å². The summed E-state index contributed by atoms with van der Waals surface area (Å²) >= 11 is 0. The minimum absolute atomic E-state index is 0.218. The molecule has 4 heteroatoms. The van der Waals surface area contributed by atoms with E-state index >= 15 is 0 Å². The molecule has 4 nitrogen and oxygen atoms in total. The SMILES string of the molecule is CC[C@H](N)CNc1ccc(N2C[C@@H](C)O[C@@H](C)C2)cc1. The van der Waals surface area contributed by atoms with Gasteiger partial charge in [0, 0.05) is 37.1 Å². The molecule has 0 aromatic heterocycles. The number of nitrogens with one attached hydrogen (secondary N) is 1. The molecule has 1 saturated heterocycles. The van der Waals surface area contributed by atoms with Gasteiger partial charge in [-0.1, -0.05) is 6.92 Å². The quantitative estimate of drug-likeness (QED) is 0.868. The first kappa shape index (κ1) is 15.1. The predicted octanol–water partition coefficient (Wildman–Crippen LogP) is 2.45. The molecule has 3 N–H and O–H groups in total. The monoisotopic (exact) mass is 277 g/mol. The second-order valence-corrected chi connectivity index (χ2v) is 5.76. The molecule has 1 aromatic rings. The van der Waals surface area contributed by atoms with Crippen molar-refractivity contribution in [3.63, 3.8) is 0 Å². The Hall–Kier alpha value is -1.26. The molecule has 112 valence electrons. The van der Waals surface area contributed by atoms with Gasteiger partial charge in [-0.15, -0.1) is 0 Å². The van der Waals surface area contributed by atoms with Crippen LogP contribution in [0.15, 0.2) is 24.3 Å². The third-order valence-corrected chi connectivity index (χ3v) is 3.74. The molecule has 1 aliphatic rings. The fraction of sp³-hybridized carbons (Fsp3) is 0.625. The molecular formula is C16H27N3O. The Bertz CT molecular complexity index is 397. The molecule has 20 heavy (non-hydrogen) atoms. The first-order valence-electron chi connectivity index (χ1n) is 7.58. The van der Waals surface area contributed by atoms with E-state index in [2.05, 4.69) is 55.3 Å². The van der Waals surface area contributed by atoms with E-state index in [-0.39, 0.29) is 6.04 Å². The Morgan fingerprint density at radius 3 is 2.40 bits per heavy atom. The molecule has 1 aliphatic heterocycles. The normalized spacial score (nSPS) is 24.5. The third-order valence-electron chi connectivity index (χ3n) is 3.74. The maximum atomic E-state index is 5.91. The van der Waals surface area contributed by atoms with E-state index in [1.807, 2.05) is 0 Å². The summed E-state index contributed by atoms with van der Waals surface area (Å²) in [5.74, 6) is 0. The van der Waals surface area contributed by atoms with Crippen molar-refractivity contribution in [3.8, 4) is 0 Å². The Labute approximate surface area is 122 Å². The van der Waals surface area contributed by atoms with Gasteiger partial charge in [-0.05, 0) is 44.5 Å². The zero-order chi connectivity index (χ0) is 14.5. The summed E-state index contributed by atoms with van der Waals surface area (Å²) in [6.07, 6.45) is 1.58. The van der Waals surface area contributed by atoms with Crippen LogP contribution in [-0.4, -0.2) is 37.9 Å². The van der Waals surface area contributed by atoms with Crippen molar-refractivity contribution < 1.29 is 4.74 Å². The Kier molecular flexibility index (Phi) is 5.26. The van der Waals surface area contributed by atoms with Gasteiger partial charge in [0.25, 0.3) is 0 Å². The molecule has 0 unspecified atom stereocenters. The smallest absolute Gasteiger partial charge is 0.0726 e. The number of rotatable bonds is 5. The fourth-order valence-electron chi connectivity index (χ4n) is 2.57. The van der Waals surface area contributed by atoms with Crippen molar-refractivity contribution >= 4 is 11.4 Å². The summed E-state index contributed by atoms with van der Waals surface area (Å²) in [5, 5.41) is 3.37. The van der Waals surface area contributed by atoms with E-state index in [9.17, 15) is 0 Å². The van der Waals surface area contributed by atoms with Crippen LogP contribution in [0.5, 0.6) is 0 Å². The van der Waals surface area contributed by atoms with E-state index in [0.717, 1.165) is 31.7 Å². The lowest BCUT2D eigenvalue weighted by Gasteiger charge is -2.36. The van der Waals surface area contributed by atoms with Crippen LogP contribution in [0.4, 0.5) is 11.4 Å². The van der Waals surface area contributed by atoms with Crippen LogP contribution in [0.2, 0.25) is 0 Å². The predicted molar refractivity (Wildman–Crippen MR) is 85.4 cm³/mol. The Balaban J connectivity index is 1.94. The molecule has 0 spiro atoms. The lowest BCUT2D eigenvalue weighted by Crippen LogP contribution is -2.45. The second-order valence-electron chi connectivity index (χ2n) is 5.76. The van der Waals surface area contributed by atoms with Gasteiger partial charge >= 0.3 is 0 Å². The fourth-order valence-corrected chi connectivity index (χ4v) is 2.57. The highest BCUT2D eigenvalue weighted by atomic mass is 16.5. The molecule has 1 heterocycles. The number of hydrogen-bond donors (Lipinski definition) is 2. The van der Waals surface area contributed by atoms with E-state index in [1.54, 1.807) is 0 Å². The van der Waals surface area contributed by atoms with Crippen LogP contribution in [0.3, 0.4) is 0 Å². The maximum absolute atomic E-state index is 5.91. The summed E-state index contributed by atoms with van der Waals surface area (Å²) in [4.78, 5) is 2.39. The lowest BCUT2D eigenvalue weighted by atomic mass is 10.2. The van der Waals surface area contributed by atoms with Gasteiger partial charge in [-0.25, -0.2) is 0 Å². The van der Waals surface area contributed by atoms with Gasteiger partial charge in [-0.3, -0.25) is 0 Å². The molecule has 0 bridgehead atoms. The largest absolute Gasteiger partial charge is 0.383 e. The highest BCUT2D eigenvalue weighted by molar-refractivity contribution is 5.55. The van der Waals surface area contributed by atoms with Gasteiger partial charge < -0.3 is 20.7 Å². The number of ether oxygens (including phenoxy) is 1. The summed E-state index contributed by atoms with van der Waals surface area (Å²) in [5.41, 5.74) is 8.31. The summed E-state index contributed by atoms with van der Waals surface area (Å²) in [6.45, 7) is 9.10. The Morgan fingerprint density at radius 1 is 1.25 bits per heavy atom. The Morgan fingerprint density at radius 2 is 1.85 bits per heavy atom. The van der Waals surface area contributed by atoms with Gasteiger partial charge in [0.05, 0.1) is 12.2 Å². The molecule has 0 amide bonds. The van der Waals surface area contributed by atoms with Crippen molar-refractivity contribution in [2.24, 2.45) is 5.73 Å². The van der Waals surface area contributed by atoms with Crippen LogP contribution < -0.4 is 16.0 Å². The maximum Gasteiger partial charge on any atom is 0.0726 e. The summed E-state index contributed by atoms with van der Waals surface area (Å²) < 4.78 is 5.77. The van der Waals surface area contributed by atoms with Crippen molar-refractivity contribution in [1.82, 2.24) is 0 Å². The van der Waals surface area contributed by atoms with E-state index in [4.69, 9.17) is 10.5 Å². The number of nitrogens with two attached hydrogens (primary N) is 1. The average Bonchev–Trinajstić information content (AvgIpc) is 2.44. The first-order valence-corrected chi connectivity index (χ1v) is 7.58. The second kappa shape index (κ2) is 6.95. The topological polar surface area (TPSA) is 50.5 Å². The van der Waals surface area contributed by atoms with Crippen LogP contribution in [-0.2, 0) is 4.74 Å². The van der Waals surface area contributed by atoms with E-state index in [1.165, 1.54) is 5.69 Å². The molecule has 0 radical (unpaired) electrons. The molecule has 1 aromatic carbocycles. The first-order chi connectivity index (χ1) is 9.58. The third kappa shape index (κ3) is 4.12. The van der Waals surface area contributed by atoms with Crippen LogP contribution in [0.1, 0.15) is 27.2 Å². The molecular weight excluding hydrogens is 250 g/mol. The molecule has 3 atom stereocenters. The van der Waals surface area contributed by atoms with Crippen LogP contribution >= 0.6 is 0 Å². The number of anilines is 2. The highest BCUT2D eigenvalue weighted by Gasteiger charge is 2.22. The van der Waals surface area contributed by atoms with Gasteiger partial charge in [0.1, 0.15) is 0 Å². The minimum atomic E-state index is 0.218. The summed E-state index contributed by atoms with van der Waals surface area (Å²) in [7, 11) is 0. The number of hydrogen-bond acceptors (Lipinski definition) is 4. The van der Waals surface area contributed by atoms with E-state index in [0.29, 0.717) is 12.2 Å². The summed E-state index contributed by atoms with van der Waals surface area (Å²) in [6, 6.07) is 8.82. The average molecular weight is 277 g/mol. The molecule has 1 fully saturated rings. The van der Waals surface area contributed by atoms with Gasteiger partial charge in [0.15, 0.2) is 0 Å². The number of morpholine rings is 1. The number of benzene rings is 1. The highest BCUT2D eigenvalue weighted by Crippen LogP contribution is 2.22. The van der Waals surface area contributed by atoms with Crippen molar-refractivity contribution in [2.75, 3.05) is 29.9 Å².